The number of nitrogens with one attached hydrogen (secondary N) is 1. The Labute approximate surface area is 160 Å². The summed E-state index contributed by atoms with van der Waals surface area (Å²) in [4.78, 5) is 20.0. The second kappa shape index (κ2) is 7.98. The number of aliphatic carboxylic acids is 1. The summed E-state index contributed by atoms with van der Waals surface area (Å²) in [6.07, 6.45) is 2.76. The Kier molecular flexibility index (Phi) is 5.68. The molecule has 2 N–H and O–H groups in total. The van der Waals surface area contributed by atoms with Crippen molar-refractivity contribution in [2.45, 2.75) is 45.6 Å². The average molecular weight is 371 g/mol. The number of hydrogen-bond acceptors (Lipinski definition) is 4. The molecule has 7 nitrogen and oxygen atoms in total. The van der Waals surface area contributed by atoms with Gasteiger partial charge in [-0.15, -0.1) is 0 Å². The zero-order valence-corrected chi connectivity index (χ0v) is 16.4. The van der Waals surface area contributed by atoms with E-state index < -0.39 is 5.97 Å². The maximum Gasteiger partial charge on any atom is 0.303 e. The normalized spacial score (nSPS) is 15.3. The van der Waals surface area contributed by atoms with Gasteiger partial charge in [0.25, 0.3) is 0 Å². The van der Waals surface area contributed by atoms with Gasteiger partial charge in [-0.25, -0.2) is 4.98 Å². The first-order valence-corrected chi connectivity index (χ1v) is 9.58. The van der Waals surface area contributed by atoms with Gasteiger partial charge in [-0.05, 0) is 51.3 Å². The van der Waals surface area contributed by atoms with Crippen molar-refractivity contribution in [3.63, 3.8) is 0 Å². The number of fused-ring (bicyclic) bond motifs is 1. The molecule has 0 bridgehead atoms. The highest BCUT2D eigenvalue weighted by Crippen LogP contribution is 2.28. The zero-order valence-electron chi connectivity index (χ0n) is 16.4. The number of carboxylic acids is 1. The molecule has 1 saturated heterocycles. The van der Waals surface area contributed by atoms with Crippen LogP contribution >= 0.6 is 0 Å². The van der Waals surface area contributed by atoms with Crippen molar-refractivity contribution in [1.29, 1.82) is 5.41 Å². The van der Waals surface area contributed by atoms with Gasteiger partial charge in [0.2, 0.25) is 0 Å². The van der Waals surface area contributed by atoms with Gasteiger partial charge >= 0.3 is 5.97 Å². The fraction of sp³-hybridized carbons (Fsp3) is 0.550. The lowest BCUT2D eigenvalue weighted by molar-refractivity contribution is -0.137. The largest absolute Gasteiger partial charge is 0.481 e. The van der Waals surface area contributed by atoms with Crippen LogP contribution in [0.2, 0.25) is 0 Å². The molecule has 0 saturated carbocycles. The molecular formula is C20H29N5O2. The number of carboxylic acid groups (broad SMARTS) is 1. The summed E-state index contributed by atoms with van der Waals surface area (Å²) in [5, 5.41) is 16.9. The minimum absolute atomic E-state index is 0.183. The van der Waals surface area contributed by atoms with Gasteiger partial charge in [0, 0.05) is 44.8 Å². The number of benzene rings is 1. The first kappa shape index (κ1) is 19.2. The van der Waals surface area contributed by atoms with Gasteiger partial charge < -0.3 is 19.5 Å². The van der Waals surface area contributed by atoms with E-state index in [1.165, 1.54) is 0 Å². The molecule has 27 heavy (non-hydrogen) atoms. The number of imidazole rings is 1. The number of likely N-dealkylation sites (tertiary alicyclic amines) is 1. The van der Waals surface area contributed by atoms with Gasteiger partial charge in [0.1, 0.15) is 5.82 Å². The number of hydrogen-bond donors (Lipinski definition) is 2. The van der Waals surface area contributed by atoms with E-state index in [0.29, 0.717) is 18.3 Å². The summed E-state index contributed by atoms with van der Waals surface area (Å²) in [5.41, 5.74) is 3.21. The van der Waals surface area contributed by atoms with Crippen LogP contribution in [0.15, 0.2) is 18.2 Å². The smallest absolute Gasteiger partial charge is 0.303 e. The van der Waals surface area contributed by atoms with E-state index in [-0.39, 0.29) is 6.42 Å². The van der Waals surface area contributed by atoms with Crippen LogP contribution < -0.4 is 4.90 Å². The van der Waals surface area contributed by atoms with Crippen LogP contribution in [-0.4, -0.2) is 57.0 Å². The second-order valence-electron chi connectivity index (χ2n) is 7.39. The lowest BCUT2D eigenvalue weighted by atomic mass is 10.0. The Bertz CT molecular complexity index is 836. The standard InChI is InChI=1S/C20H29N5O2/c1-14(21)24-11-8-16(9-12-24)25(10-4-5-20(26)27)17-6-7-18-19(13-17)23(3)15(2)22-18/h6-7,13,16,21H,4-5,8-12H2,1-3H3,(H,26,27). The summed E-state index contributed by atoms with van der Waals surface area (Å²) >= 11 is 0. The molecule has 0 amide bonds. The minimum Gasteiger partial charge on any atom is -0.481 e. The maximum absolute atomic E-state index is 11.0. The molecule has 3 rings (SSSR count). The maximum atomic E-state index is 11.0. The topological polar surface area (TPSA) is 85.5 Å². The predicted molar refractivity (Wildman–Crippen MR) is 108 cm³/mol. The fourth-order valence-electron chi connectivity index (χ4n) is 3.91. The van der Waals surface area contributed by atoms with E-state index in [1.54, 1.807) is 0 Å². The van der Waals surface area contributed by atoms with Gasteiger partial charge in [0.05, 0.1) is 16.9 Å². The third-order valence-corrected chi connectivity index (χ3v) is 5.59. The van der Waals surface area contributed by atoms with E-state index in [2.05, 4.69) is 37.5 Å². The Balaban J connectivity index is 1.84. The number of nitrogens with zero attached hydrogens (tertiary/aromatic N) is 4. The van der Waals surface area contributed by atoms with E-state index in [9.17, 15) is 4.79 Å². The number of aryl methyl sites for hydroxylation is 2. The molecule has 1 aromatic carbocycles. The Morgan fingerprint density at radius 2 is 2.07 bits per heavy atom. The molecule has 0 atom stereocenters. The molecule has 1 aliphatic rings. The fourth-order valence-corrected chi connectivity index (χ4v) is 3.91. The molecule has 2 aromatic rings. The predicted octanol–water partition coefficient (Wildman–Crippen LogP) is 3.01. The van der Waals surface area contributed by atoms with E-state index in [0.717, 1.165) is 55.0 Å². The molecule has 0 spiro atoms. The quantitative estimate of drug-likeness (QED) is 0.602. The van der Waals surface area contributed by atoms with Crippen LogP contribution in [-0.2, 0) is 11.8 Å². The highest BCUT2D eigenvalue weighted by atomic mass is 16.4. The van der Waals surface area contributed by atoms with Crippen LogP contribution in [0.4, 0.5) is 5.69 Å². The Morgan fingerprint density at radius 3 is 2.70 bits per heavy atom. The van der Waals surface area contributed by atoms with Crippen LogP contribution in [0.25, 0.3) is 11.0 Å². The highest BCUT2D eigenvalue weighted by molar-refractivity contribution is 5.80. The van der Waals surface area contributed by atoms with Crippen molar-refractivity contribution in [2.75, 3.05) is 24.5 Å². The number of carbonyl (C=O) groups is 1. The zero-order chi connectivity index (χ0) is 19.6. The first-order valence-electron chi connectivity index (χ1n) is 9.58. The number of piperidine rings is 1. The van der Waals surface area contributed by atoms with Crippen LogP contribution in [0, 0.1) is 12.3 Å². The SMILES string of the molecule is CC(=N)N1CCC(N(CCCC(=O)O)c2ccc3nc(C)n(C)c3c2)CC1. The molecule has 146 valence electrons. The summed E-state index contributed by atoms with van der Waals surface area (Å²) < 4.78 is 2.09. The summed E-state index contributed by atoms with van der Waals surface area (Å²) in [5.74, 6) is 0.855. The molecule has 2 heterocycles. The third kappa shape index (κ3) is 4.23. The van der Waals surface area contributed by atoms with Gasteiger partial charge in [0.15, 0.2) is 0 Å². The summed E-state index contributed by atoms with van der Waals surface area (Å²) in [6.45, 7) is 6.32. The van der Waals surface area contributed by atoms with Crippen molar-refractivity contribution < 1.29 is 9.90 Å². The van der Waals surface area contributed by atoms with Gasteiger partial charge in [-0.3, -0.25) is 10.2 Å². The summed E-state index contributed by atoms with van der Waals surface area (Å²) in [7, 11) is 2.02. The molecule has 0 aliphatic carbocycles. The monoisotopic (exact) mass is 371 g/mol. The van der Waals surface area contributed by atoms with Crippen LogP contribution in [0.1, 0.15) is 38.4 Å². The molecule has 1 aromatic heterocycles. The van der Waals surface area contributed by atoms with Gasteiger partial charge in [-0.2, -0.15) is 0 Å². The lowest BCUT2D eigenvalue weighted by Crippen LogP contribution is -2.46. The molecule has 1 aliphatic heterocycles. The third-order valence-electron chi connectivity index (χ3n) is 5.59. The second-order valence-corrected chi connectivity index (χ2v) is 7.39. The number of amidine groups is 1. The van der Waals surface area contributed by atoms with E-state index >= 15 is 0 Å². The molecule has 0 radical (unpaired) electrons. The number of anilines is 1. The van der Waals surface area contributed by atoms with Gasteiger partial charge in [-0.1, -0.05) is 0 Å². The molecule has 7 heteroatoms. The van der Waals surface area contributed by atoms with Crippen LogP contribution in [0.3, 0.4) is 0 Å². The van der Waals surface area contributed by atoms with Crippen molar-refractivity contribution in [3.8, 4) is 0 Å². The van der Waals surface area contributed by atoms with E-state index in [1.807, 2.05) is 20.9 Å². The molecular weight excluding hydrogens is 342 g/mol. The number of aromatic nitrogens is 2. The van der Waals surface area contributed by atoms with E-state index in [4.69, 9.17) is 10.5 Å². The van der Waals surface area contributed by atoms with Crippen LogP contribution in [0.5, 0.6) is 0 Å². The average Bonchev–Trinajstić information content (AvgIpc) is 2.92. The Hall–Kier alpha value is -2.57. The molecule has 0 unspecified atom stereocenters. The highest BCUT2D eigenvalue weighted by Gasteiger charge is 2.25. The van der Waals surface area contributed by atoms with Crippen molar-refractivity contribution in [3.05, 3.63) is 24.0 Å². The Morgan fingerprint density at radius 1 is 1.37 bits per heavy atom. The summed E-state index contributed by atoms with van der Waals surface area (Å²) in [6, 6.07) is 6.69. The van der Waals surface area contributed by atoms with Crippen molar-refractivity contribution in [1.82, 2.24) is 14.5 Å². The minimum atomic E-state index is -0.748. The first-order chi connectivity index (χ1) is 12.9. The lowest BCUT2D eigenvalue weighted by Gasteiger charge is -2.40. The van der Waals surface area contributed by atoms with Crippen molar-refractivity contribution >= 4 is 28.5 Å². The molecule has 1 fully saturated rings. The number of rotatable bonds is 6. The van der Waals surface area contributed by atoms with Crippen molar-refractivity contribution in [2.24, 2.45) is 7.05 Å².